The second-order valence-electron chi connectivity index (χ2n) is 5.45. The first-order valence-corrected chi connectivity index (χ1v) is 8.13. The summed E-state index contributed by atoms with van der Waals surface area (Å²) in [6, 6.07) is 5.50. The van der Waals surface area contributed by atoms with Gasteiger partial charge in [-0.2, -0.15) is 4.72 Å². The molecule has 0 bridgehead atoms. The van der Waals surface area contributed by atoms with E-state index in [4.69, 9.17) is 4.74 Å². The average Bonchev–Trinajstić information content (AvgIpc) is 2.56. The molecule has 1 unspecified atom stereocenters. The van der Waals surface area contributed by atoms with E-state index < -0.39 is 27.4 Å². The van der Waals surface area contributed by atoms with Crippen LogP contribution in [0.15, 0.2) is 35.2 Å². The molecule has 0 saturated heterocycles. The van der Waals surface area contributed by atoms with E-state index in [9.17, 15) is 22.3 Å². The predicted octanol–water partition coefficient (Wildman–Crippen LogP) is 2.52. The van der Waals surface area contributed by atoms with Gasteiger partial charge in [-0.25, -0.2) is 17.2 Å². The zero-order valence-corrected chi connectivity index (χ0v) is 13.0. The summed E-state index contributed by atoms with van der Waals surface area (Å²) in [6.45, 7) is 2.81. The molecule has 0 aliphatic carbocycles. The lowest BCUT2D eigenvalue weighted by Crippen LogP contribution is -2.35. The number of halogens is 2. The first-order valence-electron chi connectivity index (χ1n) is 6.64. The van der Waals surface area contributed by atoms with E-state index in [1.807, 2.05) is 0 Å². The molecule has 23 heavy (non-hydrogen) atoms. The van der Waals surface area contributed by atoms with Crippen molar-refractivity contribution in [2.45, 2.75) is 24.5 Å². The second-order valence-corrected chi connectivity index (χ2v) is 7.07. The fourth-order valence-electron chi connectivity index (χ4n) is 2.60. The maximum atomic E-state index is 13.2. The van der Waals surface area contributed by atoms with Gasteiger partial charge in [-0.1, -0.05) is 0 Å². The van der Waals surface area contributed by atoms with Crippen molar-refractivity contribution >= 4 is 10.0 Å². The standard InChI is InChI=1S/C15H13F2NO4S/c1-8-13(22-11-6-9(16)5-10(17)7-11)4-3-12-14(8)23(20,21)18-15(12,2)19/h3-7,18-19H,1-2H3. The number of rotatable bonds is 2. The van der Waals surface area contributed by atoms with Crippen LogP contribution in [0, 0.1) is 18.6 Å². The molecular weight excluding hydrogens is 328 g/mol. The molecule has 122 valence electrons. The topological polar surface area (TPSA) is 75.6 Å². The van der Waals surface area contributed by atoms with E-state index >= 15 is 0 Å². The molecule has 2 aromatic rings. The molecule has 3 rings (SSSR count). The van der Waals surface area contributed by atoms with E-state index in [0.717, 1.165) is 12.1 Å². The second kappa shape index (κ2) is 4.98. The molecule has 2 N–H and O–H groups in total. The van der Waals surface area contributed by atoms with Crippen LogP contribution < -0.4 is 9.46 Å². The van der Waals surface area contributed by atoms with Crippen LogP contribution in [0.25, 0.3) is 0 Å². The number of sulfonamides is 1. The van der Waals surface area contributed by atoms with Crippen LogP contribution in [0.4, 0.5) is 8.78 Å². The van der Waals surface area contributed by atoms with Gasteiger partial charge in [0, 0.05) is 29.3 Å². The van der Waals surface area contributed by atoms with Crippen LogP contribution in [0.5, 0.6) is 11.5 Å². The van der Waals surface area contributed by atoms with E-state index in [2.05, 4.69) is 4.72 Å². The summed E-state index contributed by atoms with van der Waals surface area (Å²) in [5, 5.41) is 10.1. The molecule has 1 heterocycles. The number of benzene rings is 2. The third kappa shape index (κ3) is 2.69. The van der Waals surface area contributed by atoms with Crippen molar-refractivity contribution in [3.8, 4) is 11.5 Å². The number of fused-ring (bicyclic) bond motifs is 1. The molecule has 0 saturated carbocycles. The van der Waals surface area contributed by atoms with Crippen LogP contribution in [0.2, 0.25) is 0 Å². The van der Waals surface area contributed by atoms with Crippen molar-refractivity contribution in [2.24, 2.45) is 0 Å². The Labute approximate surface area is 131 Å². The summed E-state index contributed by atoms with van der Waals surface area (Å²) in [5.74, 6) is -1.59. The lowest BCUT2D eigenvalue weighted by Gasteiger charge is -2.17. The minimum atomic E-state index is -3.90. The number of aliphatic hydroxyl groups is 1. The van der Waals surface area contributed by atoms with Gasteiger partial charge in [-0.05, 0) is 26.0 Å². The van der Waals surface area contributed by atoms with Crippen molar-refractivity contribution in [1.82, 2.24) is 4.72 Å². The van der Waals surface area contributed by atoms with Crippen LogP contribution >= 0.6 is 0 Å². The maximum Gasteiger partial charge on any atom is 0.244 e. The van der Waals surface area contributed by atoms with Gasteiger partial charge in [0.1, 0.15) is 23.1 Å². The first kappa shape index (κ1) is 15.9. The molecule has 1 atom stereocenters. The molecule has 2 aromatic carbocycles. The number of hydrogen-bond donors (Lipinski definition) is 2. The number of hydrogen-bond acceptors (Lipinski definition) is 4. The number of nitrogens with one attached hydrogen (secondary N) is 1. The van der Waals surface area contributed by atoms with Crippen molar-refractivity contribution in [2.75, 3.05) is 0 Å². The normalized spacial score (nSPS) is 22.0. The lowest BCUT2D eigenvalue weighted by molar-refractivity contribution is 0.0488. The largest absolute Gasteiger partial charge is 0.457 e. The predicted molar refractivity (Wildman–Crippen MR) is 77.5 cm³/mol. The van der Waals surface area contributed by atoms with Gasteiger partial charge >= 0.3 is 0 Å². The van der Waals surface area contributed by atoms with Crippen molar-refractivity contribution in [3.05, 3.63) is 53.1 Å². The summed E-state index contributed by atoms with van der Waals surface area (Å²) in [6.07, 6.45) is 0. The van der Waals surface area contributed by atoms with Gasteiger partial charge in [-0.3, -0.25) is 0 Å². The smallest absolute Gasteiger partial charge is 0.244 e. The van der Waals surface area contributed by atoms with E-state index in [0.29, 0.717) is 6.07 Å². The van der Waals surface area contributed by atoms with Crippen LogP contribution in [-0.4, -0.2) is 13.5 Å². The van der Waals surface area contributed by atoms with Gasteiger partial charge in [0.2, 0.25) is 10.0 Å². The monoisotopic (exact) mass is 341 g/mol. The highest BCUT2D eigenvalue weighted by Gasteiger charge is 2.43. The van der Waals surface area contributed by atoms with Gasteiger partial charge < -0.3 is 9.84 Å². The Morgan fingerprint density at radius 1 is 1.17 bits per heavy atom. The van der Waals surface area contributed by atoms with Crippen molar-refractivity contribution in [3.63, 3.8) is 0 Å². The van der Waals surface area contributed by atoms with Crippen LogP contribution in [-0.2, 0) is 15.7 Å². The van der Waals surface area contributed by atoms with Crippen molar-refractivity contribution in [1.29, 1.82) is 0 Å². The first-order chi connectivity index (χ1) is 10.6. The molecule has 0 radical (unpaired) electrons. The average molecular weight is 341 g/mol. The Hall–Kier alpha value is -2.03. The molecule has 1 aliphatic heterocycles. The molecule has 0 fully saturated rings. The Morgan fingerprint density at radius 3 is 2.39 bits per heavy atom. The third-order valence-electron chi connectivity index (χ3n) is 3.55. The Kier molecular flexibility index (Phi) is 3.44. The summed E-state index contributed by atoms with van der Waals surface area (Å²) in [4.78, 5) is -0.100. The van der Waals surface area contributed by atoms with E-state index in [1.165, 1.54) is 26.0 Å². The fraction of sp³-hybridized carbons (Fsp3) is 0.200. The van der Waals surface area contributed by atoms with E-state index in [1.54, 1.807) is 0 Å². The van der Waals surface area contributed by atoms with Crippen molar-refractivity contribution < 1.29 is 27.0 Å². The molecule has 8 heteroatoms. The quantitative estimate of drug-likeness (QED) is 0.880. The SMILES string of the molecule is Cc1c(Oc2cc(F)cc(F)c2)ccc2c1S(=O)(=O)NC2(C)O. The Morgan fingerprint density at radius 2 is 1.78 bits per heavy atom. The van der Waals surface area contributed by atoms with Gasteiger partial charge in [-0.15, -0.1) is 0 Å². The summed E-state index contributed by atoms with van der Waals surface area (Å²) in [5.41, 5.74) is -1.30. The van der Waals surface area contributed by atoms with Crippen LogP contribution in [0.3, 0.4) is 0 Å². The molecule has 0 amide bonds. The number of ether oxygens (including phenoxy) is 1. The highest BCUT2D eigenvalue weighted by molar-refractivity contribution is 7.90. The zero-order valence-electron chi connectivity index (χ0n) is 12.2. The molecule has 5 nitrogen and oxygen atoms in total. The van der Waals surface area contributed by atoms with Gasteiger partial charge in [0.15, 0.2) is 5.72 Å². The minimum absolute atomic E-state index is 0.0966. The highest BCUT2D eigenvalue weighted by atomic mass is 32.2. The third-order valence-corrected chi connectivity index (χ3v) is 5.28. The Bertz CT molecular complexity index is 890. The molecule has 0 aromatic heterocycles. The van der Waals surface area contributed by atoms with Gasteiger partial charge in [0.05, 0.1) is 4.90 Å². The highest BCUT2D eigenvalue weighted by Crippen LogP contribution is 2.40. The maximum absolute atomic E-state index is 13.2. The van der Waals surface area contributed by atoms with E-state index in [-0.39, 0.29) is 27.5 Å². The molecule has 1 aliphatic rings. The summed E-state index contributed by atoms with van der Waals surface area (Å²) < 4.78 is 58.3. The molecular formula is C15H13F2NO4S. The minimum Gasteiger partial charge on any atom is -0.457 e. The molecule has 0 spiro atoms. The lowest BCUT2D eigenvalue weighted by atomic mass is 10.0. The summed E-state index contributed by atoms with van der Waals surface area (Å²) in [7, 11) is -3.90. The fourth-order valence-corrected chi connectivity index (χ4v) is 4.39. The van der Waals surface area contributed by atoms with Gasteiger partial charge in [0.25, 0.3) is 0 Å². The zero-order chi connectivity index (χ0) is 17.0. The van der Waals surface area contributed by atoms with Crippen LogP contribution in [0.1, 0.15) is 18.1 Å². The summed E-state index contributed by atoms with van der Waals surface area (Å²) >= 11 is 0. The Balaban J connectivity index is 2.10.